The van der Waals surface area contributed by atoms with E-state index in [2.05, 4.69) is 18.7 Å². The van der Waals surface area contributed by atoms with E-state index in [9.17, 15) is 4.79 Å². The van der Waals surface area contributed by atoms with Crippen molar-refractivity contribution >= 4 is 5.78 Å². The highest BCUT2D eigenvalue weighted by atomic mass is 16.5. The SMILES string of the molecule is CCOc1ccccc1C(=O)CN1CC(C)CC1C. The predicted octanol–water partition coefficient (Wildman–Crippen LogP) is 3.00. The van der Waals surface area contributed by atoms with Gasteiger partial charge in [-0.3, -0.25) is 9.69 Å². The summed E-state index contributed by atoms with van der Waals surface area (Å²) >= 11 is 0. The summed E-state index contributed by atoms with van der Waals surface area (Å²) in [5.41, 5.74) is 0.705. The molecule has 1 heterocycles. The van der Waals surface area contributed by atoms with Crippen LogP contribution >= 0.6 is 0 Å². The second-order valence-corrected chi connectivity index (χ2v) is 5.47. The van der Waals surface area contributed by atoms with Crippen molar-refractivity contribution in [1.82, 2.24) is 4.90 Å². The molecule has 0 radical (unpaired) electrons. The summed E-state index contributed by atoms with van der Waals surface area (Å²) in [4.78, 5) is 14.7. The number of rotatable bonds is 5. The Morgan fingerprint density at radius 2 is 2.11 bits per heavy atom. The summed E-state index contributed by atoms with van der Waals surface area (Å²) < 4.78 is 5.53. The van der Waals surface area contributed by atoms with Crippen molar-refractivity contribution in [1.29, 1.82) is 0 Å². The van der Waals surface area contributed by atoms with E-state index in [1.807, 2.05) is 31.2 Å². The number of nitrogens with zero attached hydrogens (tertiary/aromatic N) is 1. The third kappa shape index (κ3) is 3.35. The largest absolute Gasteiger partial charge is 0.493 e. The number of Topliss-reactive ketones (excluding diaryl/α,β-unsaturated/α-hetero) is 1. The van der Waals surface area contributed by atoms with Gasteiger partial charge in [0.1, 0.15) is 5.75 Å². The highest BCUT2D eigenvalue weighted by molar-refractivity contribution is 6.00. The Balaban J connectivity index is 2.07. The van der Waals surface area contributed by atoms with Crippen molar-refractivity contribution in [2.45, 2.75) is 33.2 Å². The molecule has 1 fully saturated rings. The number of carbonyl (C=O) groups is 1. The molecular formula is C16H23NO2. The molecule has 2 unspecified atom stereocenters. The maximum Gasteiger partial charge on any atom is 0.180 e. The molecule has 1 aliphatic rings. The van der Waals surface area contributed by atoms with Gasteiger partial charge in [0.15, 0.2) is 5.78 Å². The van der Waals surface area contributed by atoms with Crippen LogP contribution in [-0.4, -0.2) is 36.4 Å². The topological polar surface area (TPSA) is 29.5 Å². The Hall–Kier alpha value is -1.35. The Morgan fingerprint density at radius 1 is 1.37 bits per heavy atom. The van der Waals surface area contributed by atoms with Gasteiger partial charge in [0.25, 0.3) is 0 Å². The van der Waals surface area contributed by atoms with Gasteiger partial charge in [-0.1, -0.05) is 19.1 Å². The molecule has 0 bridgehead atoms. The minimum absolute atomic E-state index is 0.157. The van der Waals surface area contributed by atoms with E-state index in [4.69, 9.17) is 4.74 Å². The Labute approximate surface area is 115 Å². The van der Waals surface area contributed by atoms with Crippen molar-refractivity contribution in [2.75, 3.05) is 19.7 Å². The first-order valence-corrected chi connectivity index (χ1v) is 7.11. The van der Waals surface area contributed by atoms with Gasteiger partial charge in [-0.05, 0) is 38.3 Å². The molecular weight excluding hydrogens is 238 g/mol. The average molecular weight is 261 g/mol. The van der Waals surface area contributed by atoms with Crippen LogP contribution in [-0.2, 0) is 0 Å². The zero-order chi connectivity index (χ0) is 13.8. The van der Waals surface area contributed by atoms with Crippen LogP contribution in [0.1, 0.15) is 37.6 Å². The molecule has 0 N–H and O–H groups in total. The minimum Gasteiger partial charge on any atom is -0.493 e. The third-order valence-corrected chi connectivity index (χ3v) is 3.75. The summed E-state index contributed by atoms with van der Waals surface area (Å²) in [6.07, 6.45) is 1.18. The van der Waals surface area contributed by atoms with Gasteiger partial charge in [-0.15, -0.1) is 0 Å². The zero-order valence-electron chi connectivity index (χ0n) is 12.1. The summed E-state index contributed by atoms with van der Waals surface area (Å²) in [6.45, 7) is 8.48. The molecule has 0 saturated carbocycles. The predicted molar refractivity (Wildman–Crippen MR) is 76.8 cm³/mol. The lowest BCUT2D eigenvalue weighted by Crippen LogP contribution is -2.33. The Bertz CT molecular complexity index is 444. The molecule has 1 saturated heterocycles. The van der Waals surface area contributed by atoms with Crippen LogP contribution in [0, 0.1) is 5.92 Å². The molecule has 1 aromatic carbocycles. The second kappa shape index (κ2) is 6.20. The average Bonchev–Trinajstić information content (AvgIpc) is 2.69. The number of ketones is 1. The number of hydrogen-bond acceptors (Lipinski definition) is 3. The summed E-state index contributed by atoms with van der Waals surface area (Å²) in [5.74, 6) is 1.55. The van der Waals surface area contributed by atoms with Gasteiger partial charge < -0.3 is 4.74 Å². The molecule has 3 heteroatoms. The lowest BCUT2D eigenvalue weighted by molar-refractivity contribution is 0.0921. The first-order valence-electron chi connectivity index (χ1n) is 7.11. The van der Waals surface area contributed by atoms with Crippen molar-refractivity contribution < 1.29 is 9.53 Å². The van der Waals surface area contributed by atoms with E-state index >= 15 is 0 Å². The highest BCUT2D eigenvalue weighted by Gasteiger charge is 2.28. The molecule has 3 nitrogen and oxygen atoms in total. The van der Waals surface area contributed by atoms with Gasteiger partial charge in [-0.25, -0.2) is 0 Å². The number of likely N-dealkylation sites (tertiary alicyclic amines) is 1. The van der Waals surface area contributed by atoms with Crippen LogP contribution in [0.3, 0.4) is 0 Å². The van der Waals surface area contributed by atoms with Crippen LogP contribution in [0.4, 0.5) is 0 Å². The smallest absolute Gasteiger partial charge is 0.180 e. The fraction of sp³-hybridized carbons (Fsp3) is 0.562. The van der Waals surface area contributed by atoms with Crippen molar-refractivity contribution in [2.24, 2.45) is 5.92 Å². The lowest BCUT2D eigenvalue weighted by Gasteiger charge is -2.20. The van der Waals surface area contributed by atoms with Crippen LogP contribution in [0.2, 0.25) is 0 Å². The fourth-order valence-corrected chi connectivity index (χ4v) is 2.85. The van der Waals surface area contributed by atoms with Gasteiger partial charge in [0.2, 0.25) is 0 Å². The van der Waals surface area contributed by atoms with Crippen molar-refractivity contribution in [3.05, 3.63) is 29.8 Å². The first kappa shape index (κ1) is 14.1. The Kier molecular flexibility index (Phi) is 4.59. The molecule has 104 valence electrons. The van der Waals surface area contributed by atoms with E-state index in [1.165, 1.54) is 6.42 Å². The van der Waals surface area contributed by atoms with Gasteiger partial charge in [-0.2, -0.15) is 0 Å². The van der Waals surface area contributed by atoms with Crippen molar-refractivity contribution in [3.8, 4) is 5.75 Å². The molecule has 0 aliphatic carbocycles. The maximum atomic E-state index is 12.4. The quantitative estimate of drug-likeness (QED) is 0.763. The molecule has 0 spiro atoms. The van der Waals surface area contributed by atoms with Gasteiger partial charge in [0, 0.05) is 12.6 Å². The lowest BCUT2D eigenvalue weighted by atomic mass is 10.1. The van der Waals surface area contributed by atoms with Crippen LogP contribution in [0.5, 0.6) is 5.75 Å². The Morgan fingerprint density at radius 3 is 2.74 bits per heavy atom. The zero-order valence-corrected chi connectivity index (χ0v) is 12.1. The number of carbonyl (C=O) groups excluding carboxylic acids is 1. The highest BCUT2D eigenvalue weighted by Crippen LogP contribution is 2.24. The summed E-state index contributed by atoms with van der Waals surface area (Å²) in [5, 5.41) is 0. The van der Waals surface area contributed by atoms with E-state index in [-0.39, 0.29) is 5.78 Å². The summed E-state index contributed by atoms with van der Waals surface area (Å²) in [7, 11) is 0. The van der Waals surface area contributed by atoms with Gasteiger partial charge >= 0.3 is 0 Å². The number of benzene rings is 1. The normalized spacial score (nSPS) is 23.5. The van der Waals surface area contributed by atoms with Crippen LogP contribution in [0.15, 0.2) is 24.3 Å². The van der Waals surface area contributed by atoms with E-state index in [0.29, 0.717) is 36.4 Å². The number of para-hydroxylation sites is 1. The molecule has 0 aromatic heterocycles. The van der Waals surface area contributed by atoms with Crippen LogP contribution < -0.4 is 4.74 Å². The monoisotopic (exact) mass is 261 g/mol. The maximum absolute atomic E-state index is 12.4. The number of hydrogen-bond donors (Lipinski definition) is 0. The molecule has 1 aliphatic heterocycles. The van der Waals surface area contributed by atoms with E-state index in [1.54, 1.807) is 0 Å². The van der Waals surface area contributed by atoms with E-state index < -0.39 is 0 Å². The first-order chi connectivity index (χ1) is 9.11. The van der Waals surface area contributed by atoms with Crippen LogP contribution in [0.25, 0.3) is 0 Å². The molecule has 19 heavy (non-hydrogen) atoms. The number of ether oxygens (including phenoxy) is 1. The second-order valence-electron chi connectivity index (χ2n) is 5.47. The summed E-state index contributed by atoms with van der Waals surface area (Å²) in [6, 6.07) is 8.02. The van der Waals surface area contributed by atoms with Gasteiger partial charge in [0.05, 0.1) is 18.7 Å². The molecule has 2 rings (SSSR count). The molecule has 2 atom stereocenters. The molecule has 0 amide bonds. The van der Waals surface area contributed by atoms with Crippen molar-refractivity contribution in [3.63, 3.8) is 0 Å². The molecule has 1 aromatic rings. The minimum atomic E-state index is 0.157. The van der Waals surface area contributed by atoms with E-state index in [0.717, 1.165) is 6.54 Å². The fourth-order valence-electron chi connectivity index (χ4n) is 2.85. The third-order valence-electron chi connectivity index (χ3n) is 3.75. The standard InChI is InChI=1S/C16H23NO2/c1-4-19-16-8-6-5-7-14(16)15(18)11-17-10-12(2)9-13(17)3/h5-8,12-13H,4,9-11H2,1-3H3.